The van der Waals surface area contributed by atoms with E-state index in [0.29, 0.717) is 0 Å². The van der Waals surface area contributed by atoms with E-state index in [1.165, 1.54) is 13.0 Å². The third-order valence-corrected chi connectivity index (χ3v) is 2.99. The first kappa shape index (κ1) is 15.2. The van der Waals surface area contributed by atoms with E-state index in [4.69, 9.17) is 15.0 Å². The number of hydrogen-bond acceptors (Lipinski definition) is 4. The number of aliphatic hydroxyl groups is 1. The molecule has 0 saturated carbocycles. The second-order valence-electron chi connectivity index (χ2n) is 4.23. The van der Waals surface area contributed by atoms with Crippen LogP contribution in [0, 0.1) is 5.41 Å². The lowest BCUT2D eigenvalue weighted by Crippen LogP contribution is -2.25. The molecule has 0 aliphatic carbocycles. The zero-order chi connectivity index (χ0) is 13.0. The summed E-state index contributed by atoms with van der Waals surface area (Å²) in [6, 6.07) is 0. The first-order valence-electron chi connectivity index (χ1n) is 4.76. The van der Waals surface area contributed by atoms with Crippen LogP contribution in [-0.4, -0.2) is 26.7 Å². The normalized spacial score (nSPS) is 13.7. The Kier molecular flexibility index (Phi) is 5.18. The van der Waals surface area contributed by atoms with Crippen LogP contribution >= 0.6 is 0 Å². The minimum atomic E-state index is -3.81. The minimum absolute atomic E-state index is 0.00785. The molecule has 16 heavy (non-hydrogen) atoms. The van der Waals surface area contributed by atoms with Crippen LogP contribution in [0.4, 0.5) is 0 Å². The van der Waals surface area contributed by atoms with E-state index >= 15 is 0 Å². The number of allylic oxidation sites excluding steroid dienone is 1. The third kappa shape index (κ3) is 4.78. The van der Waals surface area contributed by atoms with Crippen molar-refractivity contribution in [3.63, 3.8) is 0 Å². The van der Waals surface area contributed by atoms with Crippen molar-refractivity contribution in [2.75, 3.05) is 13.2 Å². The standard InChI is InChI=1S/C10H19NO4S/c1-5-9(16(11,13)14)8(2)15-7-10(3,4)6-12/h5,12H,2,6-7H2,1,3-4H3,(H2,11,13,14)/b9-5+. The lowest BCUT2D eigenvalue weighted by molar-refractivity contribution is 0.0664. The number of sulfonamides is 1. The number of primary sulfonamides is 1. The van der Waals surface area contributed by atoms with Crippen molar-refractivity contribution < 1.29 is 18.3 Å². The van der Waals surface area contributed by atoms with Crippen molar-refractivity contribution in [1.29, 1.82) is 0 Å². The maximum absolute atomic E-state index is 11.1. The van der Waals surface area contributed by atoms with Gasteiger partial charge in [0.15, 0.2) is 0 Å². The lowest BCUT2D eigenvalue weighted by Gasteiger charge is -2.22. The SMILES string of the molecule is C=C(OCC(C)(C)CO)/C(=C\C)S(N)(=O)=O. The van der Waals surface area contributed by atoms with Crippen molar-refractivity contribution >= 4 is 10.0 Å². The lowest BCUT2D eigenvalue weighted by atomic mass is 9.97. The van der Waals surface area contributed by atoms with Gasteiger partial charge < -0.3 is 9.84 Å². The monoisotopic (exact) mass is 249 g/mol. The van der Waals surface area contributed by atoms with Crippen molar-refractivity contribution in [1.82, 2.24) is 0 Å². The molecule has 0 fully saturated rings. The van der Waals surface area contributed by atoms with Crippen LogP contribution in [0.25, 0.3) is 0 Å². The Labute approximate surface area is 96.7 Å². The van der Waals surface area contributed by atoms with Crippen LogP contribution in [0.3, 0.4) is 0 Å². The quantitative estimate of drug-likeness (QED) is 0.536. The second kappa shape index (κ2) is 5.47. The molecule has 0 aromatic heterocycles. The zero-order valence-corrected chi connectivity index (χ0v) is 10.7. The molecule has 0 bridgehead atoms. The number of nitrogens with two attached hydrogens (primary N) is 1. The molecule has 0 radical (unpaired) electrons. The fraction of sp³-hybridized carbons (Fsp3) is 0.600. The summed E-state index contributed by atoms with van der Waals surface area (Å²) in [7, 11) is -3.81. The van der Waals surface area contributed by atoms with Gasteiger partial charge in [0, 0.05) is 5.41 Å². The molecule has 0 aromatic rings. The molecule has 0 amide bonds. The fourth-order valence-electron chi connectivity index (χ4n) is 0.883. The highest BCUT2D eigenvalue weighted by Gasteiger charge is 2.21. The highest BCUT2D eigenvalue weighted by Crippen LogP contribution is 2.20. The Morgan fingerprint density at radius 2 is 2.06 bits per heavy atom. The average molecular weight is 249 g/mol. The molecule has 0 aliphatic rings. The highest BCUT2D eigenvalue weighted by atomic mass is 32.2. The largest absolute Gasteiger partial charge is 0.492 e. The number of aliphatic hydroxyl groups excluding tert-OH is 1. The van der Waals surface area contributed by atoms with Crippen LogP contribution in [0.15, 0.2) is 23.3 Å². The molecule has 0 aliphatic heterocycles. The highest BCUT2D eigenvalue weighted by molar-refractivity contribution is 7.93. The van der Waals surface area contributed by atoms with Gasteiger partial charge in [0.2, 0.25) is 10.0 Å². The van der Waals surface area contributed by atoms with Gasteiger partial charge in [-0.2, -0.15) is 0 Å². The smallest absolute Gasteiger partial charge is 0.241 e. The molecule has 0 saturated heterocycles. The van der Waals surface area contributed by atoms with Gasteiger partial charge in [-0.25, -0.2) is 13.6 Å². The maximum atomic E-state index is 11.1. The van der Waals surface area contributed by atoms with Gasteiger partial charge in [0.1, 0.15) is 10.7 Å². The predicted molar refractivity (Wildman–Crippen MR) is 62.8 cm³/mol. The van der Waals surface area contributed by atoms with E-state index in [9.17, 15) is 8.42 Å². The van der Waals surface area contributed by atoms with Crippen LogP contribution in [0.2, 0.25) is 0 Å². The van der Waals surface area contributed by atoms with E-state index in [0.717, 1.165) is 0 Å². The molecule has 0 rings (SSSR count). The summed E-state index contributed by atoms with van der Waals surface area (Å²) < 4.78 is 27.4. The number of hydrogen-bond donors (Lipinski definition) is 2. The van der Waals surface area contributed by atoms with Gasteiger partial charge in [-0.15, -0.1) is 0 Å². The van der Waals surface area contributed by atoms with Crippen molar-refractivity contribution in [3.05, 3.63) is 23.3 Å². The summed E-state index contributed by atoms with van der Waals surface area (Å²) in [5, 5.41) is 14.0. The molecule has 0 aromatic carbocycles. The summed E-state index contributed by atoms with van der Waals surface area (Å²) in [6.07, 6.45) is 1.32. The molecule has 0 spiro atoms. The van der Waals surface area contributed by atoms with Crippen molar-refractivity contribution in [2.45, 2.75) is 20.8 Å². The maximum Gasteiger partial charge on any atom is 0.241 e. The second-order valence-corrected chi connectivity index (χ2v) is 5.76. The molecular formula is C10H19NO4S. The molecule has 0 heterocycles. The molecule has 0 unspecified atom stereocenters. The summed E-state index contributed by atoms with van der Waals surface area (Å²) in [4.78, 5) is -0.138. The van der Waals surface area contributed by atoms with Gasteiger partial charge in [-0.1, -0.05) is 26.5 Å². The van der Waals surface area contributed by atoms with Crippen molar-refractivity contribution in [3.8, 4) is 0 Å². The molecule has 5 nitrogen and oxygen atoms in total. The van der Waals surface area contributed by atoms with Gasteiger partial charge >= 0.3 is 0 Å². The Bertz CT molecular complexity index is 382. The van der Waals surface area contributed by atoms with E-state index in [-0.39, 0.29) is 23.9 Å². The minimum Gasteiger partial charge on any atom is -0.492 e. The molecule has 6 heteroatoms. The molecule has 0 atom stereocenters. The predicted octanol–water partition coefficient (Wildman–Crippen LogP) is 0.728. The fourth-order valence-corrected chi connectivity index (χ4v) is 1.59. The molecule has 94 valence electrons. The van der Waals surface area contributed by atoms with E-state index in [1.807, 2.05) is 0 Å². The number of rotatable bonds is 6. The van der Waals surface area contributed by atoms with E-state index in [2.05, 4.69) is 6.58 Å². The van der Waals surface area contributed by atoms with Crippen LogP contribution in [-0.2, 0) is 14.8 Å². The Morgan fingerprint density at radius 3 is 2.38 bits per heavy atom. The first-order chi connectivity index (χ1) is 7.14. The Balaban J connectivity index is 4.62. The van der Waals surface area contributed by atoms with E-state index < -0.39 is 15.4 Å². The summed E-state index contributed by atoms with van der Waals surface area (Å²) in [5.74, 6) is -0.00785. The average Bonchev–Trinajstić information content (AvgIpc) is 2.14. The van der Waals surface area contributed by atoms with E-state index in [1.54, 1.807) is 13.8 Å². The third-order valence-electron chi connectivity index (χ3n) is 1.91. The molecule has 3 N–H and O–H groups in total. The van der Waals surface area contributed by atoms with Gasteiger partial charge in [0.05, 0.1) is 13.2 Å². The topological polar surface area (TPSA) is 89.6 Å². The van der Waals surface area contributed by atoms with Crippen LogP contribution < -0.4 is 5.14 Å². The van der Waals surface area contributed by atoms with Gasteiger partial charge in [0.25, 0.3) is 0 Å². The van der Waals surface area contributed by atoms with Gasteiger partial charge in [-0.05, 0) is 6.92 Å². The summed E-state index contributed by atoms with van der Waals surface area (Å²) in [6.45, 7) is 8.69. The zero-order valence-electron chi connectivity index (χ0n) is 9.86. The Morgan fingerprint density at radius 1 is 1.56 bits per heavy atom. The van der Waals surface area contributed by atoms with Crippen LogP contribution in [0.5, 0.6) is 0 Å². The van der Waals surface area contributed by atoms with Crippen molar-refractivity contribution in [2.24, 2.45) is 10.6 Å². The Hall–Kier alpha value is -0.850. The van der Waals surface area contributed by atoms with Crippen LogP contribution in [0.1, 0.15) is 20.8 Å². The van der Waals surface area contributed by atoms with Gasteiger partial charge in [-0.3, -0.25) is 0 Å². The molecular weight excluding hydrogens is 230 g/mol. The summed E-state index contributed by atoms with van der Waals surface area (Å²) in [5.41, 5.74) is -0.458. The first-order valence-corrected chi connectivity index (χ1v) is 6.31. The summed E-state index contributed by atoms with van der Waals surface area (Å²) >= 11 is 0. The number of ether oxygens (including phenoxy) is 1.